The highest BCUT2D eigenvalue weighted by Gasteiger charge is 2.21. The Morgan fingerprint density at radius 2 is 2.24 bits per heavy atom. The van der Waals surface area contributed by atoms with E-state index in [0.29, 0.717) is 19.2 Å². The summed E-state index contributed by atoms with van der Waals surface area (Å²) in [5.41, 5.74) is 1.30. The molecule has 1 aliphatic heterocycles. The molecule has 0 saturated carbocycles. The fourth-order valence-corrected chi connectivity index (χ4v) is 3.00. The number of benzene rings is 1. The Labute approximate surface area is 104 Å². The highest BCUT2D eigenvalue weighted by atomic mass is 32.2. The van der Waals surface area contributed by atoms with Gasteiger partial charge in [-0.05, 0) is 11.6 Å². The average Bonchev–Trinajstić information content (AvgIpc) is 2.72. The van der Waals surface area contributed by atoms with E-state index in [4.69, 9.17) is 4.74 Å². The molecule has 0 bridgehead atoms. The predicted molar refractivity (Wildman–Crippen MR) is 64.7 cm³/mol. The van der Waals surface area contributed by atoms with Gasteiger partial charge in [0.15, 0.2) is 0 Å². The predicted octanol–water partition coefficient (Wildman–Crippen LogP) is 2.70. The third kappa shape index (κ3) is 3.66. The molecule has 0 spiro atoms. The third-order valence-electron chi connectivity index (χ3n) is 2.58. The van der Waals surface area contributed by atoms with Gasteiger partial charge in [0.05, 0.1) is 6.61 Å². The number of alkyl halides is 2. The fraction of sp³-hybridized carbons (Fsp3) is 0.500. The number of fused-ring (bicyclic) bond motifs is 1. The number of thioether (sulfide) groups is 1. The van der Waals surface area contributed by atoms with E-state index in [-0.39, 0.29) is 0 Å². The number of nitrogens with one attached hydrogen (secondary N) is 1. The van der Waals surface area contributed by atoms with E-state index in [1.54, 1.807) is 0 Å². The molecule has 1 heterocycles. The SMILES string of the molecule is FC(F)COCCNC1CSc2ccccc21. The molecule has 1 aliphatic rings. The van der Waals surface area contributed by atoms with Gasteiger partial charge in [-0.1, -0.05) is 18.2 Å². The molecular formula is C12H15F2NOS. The number of ether oxygens (including phenoxy) is 1. The Balaban J connectivity index is 1.71. The van der Waals surface area contributed by atoms with Crippen LogP contribution in [0.25, 0.3) is 0 Å². The molecule has 0 aromatic heterocycles. The minimum absolute atomic E-state index is 0.311. The van der Waals surface area contributed by atoms with Crippen LogP contribution in [0.2, 0.25) is 0 Å². The van der Waals surface area contributed by atoms with Crippen LogP contribution < -0.4 is 5.32 Å². The molecule has 1 N–H and O–H groups in total. The normalized spacial score (nSPS) is 18.6. The molecule has 2 nitrogen and oxygen atoms in total. The Morgan fingerprint density at radius 3 is 3.06 bits per heavy atom. The zero-order valence-electron chi connectivity index (χ0n) is 9.36. The minimum atomic E-state index is -2.38. The number of halogens is 2. The van der Waals surface area contributed by atoms with Crippen molar-refractivity contribution in [2.75, 3.05) is 25.5 Å². The van der Waals surface area contributed by atoms with Crippen LogP contribution in [0.3, 0.4) is 0 Å². The number of hydrogen-bond acceptors (Lipinski definition) is 3. The van der Waals surface area contributed by atoms with Crippen LogP contribution in [-0.4, -0.2) is 31.9 Å². The maximum atomic E-state index is 11.8. The first-order valence-corrected chi connectivity index (χ1v) is 6.57. The van der Waals surface area contributed by atoms with Crippen molar-refractivity contribution < 1.29 is 13.5 Å². The Bertz CT molecular complexity index is 362. The van der Waals surface area contributed by atoms with Crippen molar-refractivity contribution in [1.29, 1.82) is 0 Å². The standard InChI is InChI=1S/C12H15F2NOS/c13-12(14)7-16-6-5-15-10-8-17-11-4-2-1-3-9(10)11/h1-4,10,12,15H,5-8H2. The van der Waals surface area contributed by atoms with Crippen LogP contribution in [0.1, 0.15) is 11.6 Å². The first-order valence-electron chi connectivity index (χ1n) is 5.58. The average molecular weight is 259 g/mol. The first-order chi connectivity index (χ1) is 8.27. The second-order valence-corrected chi connectivity index (χ2v) is 4.88. The van der Waals surface area contributed by atoms with Gasteiger partial charge in [-0.15, -0.1) is 11.8 Å². The summed E-state index contributed by atoms with van der Waals surface area (Å²) in [5, 5.41) is 3.32. The summed E-state index contributed by atoms with van der Waals surface area (Å²) in [4.78, 5) is 1.30. The lowest BCUT2D eigenvalue weighted by atomic mass is 10.1. The molecule has 2 rings (SSSR count). The minimum Gasteiger partial charge on any atom is -0.374 e. The Kier molecular flexibility index (Phi) is 4.76. The molecule has 94 valence electrons. The van der Waals surface area contributed by atoms with Crippen LogP contribution >= 0.6 is 11.8 Å². The Morgan fingerprint density at radius 1 is 1.41 bits per heavy atom. The van der Waals surface area contributed by atoms with Crippen molar-refractivity contribution in [2.24, 2.45) is 0 Å². The van der Waals surface area contributed by atoms with E-state index in [2.05, 4.69) is 17.4 Å². The van der Waals surface area contributed by atoms with Gasteiger partial charge in [0.25, 0.3) is 6.43 Å². The first kappa shape index (κ1) is 12.8. The van der Waals surface area contributed by atoms with Gasteiger partial charge in [0.1, 0.15) is 6.61 Å². The van der Waals surface area contributed by atoms with Crippen LogP contribution in [0.15, 0.2) is 29.2 Å². The summed E-state index contributed by atoms with van der Waals surface area (Å²) in [6, 6.07) is 8.57. The van der Waals surface area contributed by atoms with Gasteiger partial charge in [0, 0.05) is 23.2 Å². The van der Waals surface area contributed by atoms with Crippen LogP contribution in [0.4, 0.5) is 8.78 Å². The highest BCUT2D eigenvalue weighted by Crippen LogP contribution is 2.37. The van der Waals surface area contributed by atoms with Gasteiger partial charge >= 0.3 is 0 Å². The second-order valence-electron chi connectivity index (χ2n) is 3.82. The lowest BCUT2D eigenvalue weighted by Crippen LogP contribution is -2.25. The molecule has 0 amide bonds. The molecule has 0 radical (unpaired) electrons. The topological polar surface area (TPSA) is 21.3 Å². The molecule has 1 aromatic carbocycles. The van der Waals surface area contributed by atoms with E-state index in [9.17, 15) is 8.78 Å². The monoisotopic (exact) mass is 259 g/mol. The Hall–Kier alpha value is -0.650. The molecule has 1 atom stereocenters. The van der Waals surface area contributed by atoms with E-state index < -0.39 is 13.0 Å². The van der Waals surface area contributed by atoms with Crippen LogP contribution in [0, 0.1) is 0 Å². The summed E-state index contributed by atoms with van der Waals surface area (Å²) >= 11 is 1.82. The number of hydrogen-bond donors (Lipinski definition) is 1. The summed E-state index contributed by atoms with van der Waals surface area (Å²) in [5.74, 6) is 0.994. The van der Waals surface area contributed by atoms with Gasteiger partial charge < -0.3 is 10.1 Å². The van der Waals surface area contributed by atoms with E-state index in [1.165, 1.54) is 10.5 Å². The molecule has 0 aliphatic carbocycles. The maximum absolute atomic E-state index is 11.8. The lowest BCUT2D eigenvalue weighted by Gasteiger charge is -2.13. The largest absolute Gasteiger partial charge is 0.374 e. The smallest absolute Gasteiger partial charge is 0.261 e. The second kappa shape index (κ2) is 6.33. The van der Waals surface area contributed by atoms with Crippen molar-refractivity contribution in [2.45, 2.75) is 17.4 Å². The van der Waals surface area contributed by atoms with Gasteiger partial charge in [-0.2, -0.15) is 0 Å². The van der Waals surface area contributed by atoms with Crippen LogP contribution in [0.5, 0.6) is 0 Å². The molecule has 1 unspecified atom stereocenters. The number of rotatable bonds is 6. The van der Waals surface area contributed by atoms with Crippen molar-refractivity contribution in [3.63, 3.8) is 0 Å². The summed E-state index contributed by atoms with van der Waals surface area (Å²) in [7, 11) is 0. The van der Waals surface area contributed by atoms with Gasteiger partial charge in [-0.3, -0.25) is 0 Å². The molecule has 17 heavy (non-hydrogen) atoms. The van der Waals surface area contributed by atoms with Crippen molar-refractivity contribution in [1.82, 2.24) is 5.32 Å². The zero-order chi connectivity index (χ0) is 12.1. The highest BCUT2D eigenvalue weighted by molar-refractivity contribution is 7.99. The summed E-state index contributed by atoms with van der Waals surface area (Å²) in [6.07, 6.45) is -2.38. The lowest BCUT2D eigenvalue weighted by molar-refractivity contribution is 0.0183. The summed E-state index contributed by atoms with van der Waals surface area (Å²) < 4.78 is 28.4. The van der Waals surface area contributed by atoms with E-state index in [0.717, 1.165) is 5.75 Å². The van der Waals surface area contributed by atoms with Crippen molar-refractivity contribution >= 4 is 11.8 Å². The molecule has 0 saturated heterocycles. The van der Waals surface area contributed by atoms with E-state index in [1.807, 2.05) is 23.9 Å². The third-order valence-corrected chi connectivity index (χ3v) is 3.76. The fourth-order valence-electron chi connectivity index (χ4n) is 1.81. The molecule has 5 heteroatoms. The van der Waals surface area contributed by atoms with Gasteiger partial charge in [-0.25, -0.2) is 8.78 Å². The van der Waals surface area contributed by atoms with Crippen molar-refractivity contribution in [3.05, 3.63) is 29.8 Å². The molecule has 1 aromatic rings. The zero-order valence-corrected chi connectivity index (χ0v) is 10.2. The maximum Gasteiger partial charge on any atom is 0.261 e. The van der Waals surface area contributed by atoms with Crippen LogP contribution in [-0.2, 0) is 4.74 Å². The molecule has 0 fully saturated rings. The summed E-state index contributed by atoms with van der Waals surface area (Å²) in [6.45, 7) is 0.456. The quantitative estimate of drug-likeness (QED) is 0.794. The van der Waals surface area contributed by atoms with E-state index >= 15 is 0 Å². The molecular weight excluding hydrogens is 244 g/mol. The van der Waals surface area contributed by atoms with Crippen molar-refractivity contribution in [3.8, 4) is 0 Å². The van der Waals surface area contributed by atoms with Gasteiger partial charge in [0.2, 0.25) is 0 Å².